The molecule has 0 spiro atoms. The third kappa shape index (κ3) is 4.52. The largest absolute Gasteiger partial charge is 0.295 e. The zero-order valence-electron chi connectivity index (χ0n) is 14.9. The Morgan fingerprint density at radius 1 is 1.00 bits per heavy atom. The number of hydrogen-bond acceptors (Lipinski definition) is 5. The minimum Gasteiger partial charge on any atom is -0.295 e. The highest BCUT2D eigenvalue weighted by atomic mass is 79.9. The molecule has 3 aromatic rings. The molecule has 1 fully saturated rings. The van der Waals surface area contributed by atoms with E-state index in [9.17, 15) is 0 Å². The molecule has 1 saturated heterocycles. The molecule has 0 aliphatic carbocycles. The number of hydrogen-bond donors (Lipinski definition) is 1. The number of H-pyrrole nitrogens is 1. The number of halogens is 1. The second-order valence-electron chi connectivity index (χ2n) is 6.62. The highest BCUT2D eigenvalue weighted by Crippen LogP contribution is 2.25. The summed E-state index contributed by atoms with van der Waals surface area (Å²) in [7, 11) is 0. The standard InChI is InChI=1S/C19H21BrN6S/c20-17-7-2-1-6-16(17)18-22-19(27)26(23-18)14-25-11-9-24(10-12-25)13-15-5-3-4-8-21-15/h1-8H,9-14H2,(H,22,23,27). The summed E-state index contributed by atoms with van der Waals surface area (Å²) in [6.07, 6.45) is 1.86. The molecule has 0 amide bonds. The summed E-state index contributed by atoms with van der Waals surface area (Å²) in [5.41, 5.74) is 2.14. The van der Waals surface area contributed by atoms with Crippen LogP contribution in [0.15, 0.2) is 53.1 Å². The van der Waals surface area contributed by atoms with Gasteiger partial charge < -0.3 is 0 Å². The minimum absolute atomic E-state index is 0.580. The number of piperazine rings is 1. The van der Waals surface area contributed by atoms with Gasteiger partial charge in [0.15, 0.2) is 5.82 Å². The number of nitrogens with one attached hydrogen (secondary N) is 1. The monoisotopic (exact) mass is 444 g/mol. The topological polar surface area (TPSA) is 53.0 Å². The van der Waals surface area contributed by atoms with Crippen LogP contribution in [0.1, 0.15) is 5.69 Å². The fourth-order valence-electron chi connectivity index (χ4n) is 3.24. The molecule has 27 heavy (non-hydrogen) atoms. The Bertz CT molecular complexity index is 946. The van der Waals surface area contributed by atoms with Gasteiger partial charge in [0.05, 0.1) is 12.4 Å². The summed E-state index contributed by atoms with van der Waals surface area (Å²) >= 11 is 9.03. The van der Waals surface area contributed by atoms with Crippen molar-refractivity contribution in [1.82, 2.24) is 29.5 Å². The Hall–Kier alpha value is -1.87. The van der Waals surface area contributed by atoms with Crippen LogP contribution >= 0.6 is 28.1 Å². The third-order valence-electron chi connectivity index (χ3n) is 4.73. The van der Waals surface area contributed by atoms with Crippen molar-refractivity contribution in [2.45, 2.75) is 13.2 Å². The van der Waals surface area contributed by atoms with Crippen LogP contribution < -0.4 is 0 Å². The second kappa shape index (κ2) is 8.43. The molecule has 1 N–H and O–H groups in total. The van der Waals surface area contributed by atoms with Crippen LogP contribution in [0.25, 0.3) is 11.4 Å². The van der Waals surface area contributed by atoms with E-state index in [1.807, 2.05) is 47.3 Å². The first-order valence-electron chi connectivity index (χ1n) is 8.95. The molecule has 0 unspecified atom stereocenters. The number of aromatic nitrogens is 4. The van der Waals surface area contributed by atoms with Gasteiger partial charge in [0.2, 0.25) is 4.77 Å². The molecule has 0 radical (unpaired) electrons. The van der Waals surface area contributed by atoms with Crippen LogP contribution in [-0.2, 0) is 13.2 Å². The predicted molar refractivity (Wildman–Crippen MR) is 112 cm³/mol. The van der Waals surface area contributed by atoms with Crippen LogP contribution in [0, 0.1) is 4.77 Å². The Morgan fingerprint density at radius 2 is 1.74 bits per heavy atom. The molecule has 1 aliphatic heterocycles. The molecule has 6 nitrogen and oxygen atoms in total. The molecule has 4 rings (SSSR count). The molecule has 0 saturated carbocycles. The molecular weight excluding hydrogens is 424 g/mol. The van der Waals surface area contributed by atoms with Gasteiger partial charge in [-0.1, -0.05) is 40.2 Å². The van der Waals surface area contributed by atoms with Crippen LogP contribution in [0.4, 0.5) is 0 Å². The van der Waals surface area contributed by atoms with Crippen molar-refractivity contribution >= 4 is 28.1 Å². The van der Waals surface area contributed by atoms with Gasteiger partial charge in [-0.25, -0.2) is 4.68 Å². The summed E-state index contributed by atoms with van der Waals surface area (Å²) in [4.78, 5) is 13.8. The summed E-state index contributed by atoms with van der Waals surface area (Å²) in [5.74, 6) is 0.793. The molecular formula is C19H21BrN6S. The Kier molecular flexibility index (Phi) is 5.77. The van der Waals surface area contributed by atoms with E-state index >= 15 is 0 Å². The fraction of sp³-hybridized carbons (Fsp3) is 0.316. The highest BCUT2D eigenvalue weighted by molar-refractivity contribution is 9.10. The summed E-state index contributed by atoms with van der Waals surface area (Å²) < 4.78 is 3.53. The number of nitrogens with zero attached hydrogens (tertiary/aromatic N) is 5. The molecule has 0 atom stereocenters. The molecule has 0 bridgehead atoms. The first-order chi connectivity index (χ1) is 13.2. The average Bonchev–Trinajstić information content (AvgIpc) is 3.05. The maximum atomic E-state index is 5.45. The number of rotatable bonds is 5. The lowest BCUT2D eigenvalue weighted by atomic mass is 10.2. The summed E-state index contributed by atoms with van der Waals surface area (Å²) in [5, 5.41) is 3.34. The maximum Gasteiger partial charge on any atom is 0.217 e. The number of benzene rings is 1. The molecule has 3 heterocycles. The van der Waals surface area contributed by atoms with Gasteiger partial charge in [0.1, 0.15) is 0 Å². The summed E-state index contributed by atoms with van der Waals surface area (Å²) in [6.45, 7) is 5.68. The smallest absolute Gasteiger partial charge is 0.217 e. The van der Waals surface area contributed by atoms with Gasteiger partial charge in [0, 0.05) is 49.0 Å². The van der Waals surface area contributed by atoms with Gasteiger partial charge in [-0.15, -0.1) is 0 Å². The van der Waals surface area contributed by atoms with E-state index in [1.165, 1.54) is 0 Å². The first-order valence-corrected chi connectivity index (χ1v) is 10.2. The van der Waals surface area contributed by atoms with Crippen LogP contribution in [-0.4, -0.2) is 55.7 Å². The van der Waals surface area contributed by atoms with Gasteiger partial charge in [-0.3, -0.25) is 19.9 Å². The maximum absolute atomic E-state index is 5.45. The van der Waals surface area contributed by atoms with Crippen molar-refractivity contribution in [1.29, 1.82) is 0 Å². The van der Waals surface area contributed by atoms with Crippen molar-refractivity contribution < 1.29 is 0 Å². The lowest BCUT2D eigenvalue weighted by Crippen LogP contribution is -2.46. The van der Waals surface area contributed by atoms with Gasteiger partial charge in [-0.2, -0.15) is 4.98 Å². The van der Waals surface area contributed by atoms with Crippen molar-refractivity contribution in [3.63, 3.8) is 0 Å². The molecule has 2 aromatic heterocycles. The lowest BCUT2D eigenvalue weighted by Gasteiger charge is -2.34. The van der Waals surface area contributed by atoms with Crippen LogP contribution in [0.2, 0.25) is 0 Å². The summed E-state index contributed by atoms with van der Waals surface area (Å²) in [6, 6.07) is 14.1. The zero-order valence-corrected chi connectivity index (χ0v) is 17.3. The van der Waals surface area contributed by atoms with Crippen molar-refractivity contribution in [2.75, 3.05) is 26.2 Å². The molecule has 140 valence electrons. The van der Waals surface area contributed by atoms with Crippen molar-refractivity contribution in [3.05, 3.63) is 63.6 Å². The molecule has 1 aromatic carbocycles. The quantitative estimate of drug-likeness (QED) is 0.609. The Labute approximate surface area is 172 Å². The fourth-order valence-corrected chi connectivity index (χ4v) is 3.90. The van der Waals surface area contributed by atoms with E-state index in [4.69, 9.17) is 12.2 Å². The second-order valence-corrected chi connectivity index (χ2v) is 7.84. The zero-order chi connectivity index (χ0) is 18.6. The SMILES string of the molecule is S=c1nc(-c2ccccc2Br)[nH]n1CN1CCN(Cc2ccccn2)CC1. The van der Waals surface area contributed by atoms with Gasteiger partial charge in [0.25, 0.3) is 0 Å². The first kappa shape index (κ1) is 18.5. The lowest BCUT2D eigenvalue weighted by molar-refractivity contribution is 0.0974. The van der Waals surface area contributed by atoms with Gasteiger partial charge >= 0.3 is 0 Å². The Balaban J connectivity index is 1.37. The van der Waals surface area contributed by atoms with E-state index in [-0.39, 0.29) is 0 Å². The van der Waals surface area contributed by atoms with Crippen molar-refractivity contribution in [2.24, 2.45) is 0 Å². The van der Waals surface area contributed by atoms with Crippen LogP contribution in [0.5, 0.6) is 0 Å². The molecule has 1 aliphatic rings. The average molecular weight is 445 g/mol. The van der Waals surface area contributed by atoms with E-state index in [0.717, 1.165) is 60.9 Å². The normalized spacial score (nSPS) is 15.9. The van der Waals surface area contributed by atoms with E-state index in [2.05, 4.69) is 46.9 Å². The minimum atomic E-state index is 0.580. The van der Waals surface area contributed by atoms with Crippen LogP contribution in [0.3, 0.4) is 0 Å². The van der Waals surface area contributed by atoms with Crippen molar-refractivity contribution in [3.8, 4) is 11.4 Å². The predicted octanol–water partition coefficient (Wildman–Crippen LogP) is 3.54. The van der Waals surface area contributed by atoms with E-state index in [1.54, 1.807) is 0 Å². The third-order valence-corrected chi connectivity index (χ3v) is 5.73. The number of aromatic amines is 1. The van der Waals surface area contributed by atoms with E-state index in [0.29, 0.717) is 4.77 Å². The highest BCUT2D eigenvalue weighted by Gasteiger charge is 2.18. The van der Waals surface area contributed by atoms with Gasteiger partial charge in [-0.05, 0) is 30.4 Å². The Morgan fingerprint density at radius 3 is 2.48 bits per heavy atom. The van der Waals surface area contributed by atoms with E-state index < -0.39 is 0 Å². The number of pyridine rings is 1. The molecule has 8 heteroatoms.